The van der Waals surface area contributed by atoms with Crippen LogP contribution in [0.5, 0.6) is 0 Å². The Balaban J connectivity index is 2.35. The van der Waals surface area contributed by atoms with Crippen LogP contribution in [0.15, 0.2) is 35.3 Å². The molecule has 3 N–H and O–H groups in total. The smallest absolute Gasteiger partial charge is 0.222 e. The van der Waals surface area contributed by atoms with Crippen molar-refractivity contribution in [3.63, 3.8) is 0 Å². The van der Waals surface area contributed by atoms with Gasteiger partial charge in [-0.3, -0.25) is 14.7 Å². The Hall–Kier alpha value is -2.08. The van der Waals surface area contributed by atoms with Gasteiger partial charge in [-0.2, -0.15) is 0 Å². The van der Waals surface area contributed by atoms with Gasteiger partial charge in [-0.05, 0) is 32.9 Å². The monoisotopic (exact) mass is 375 g/mol. The van der Waals surface area contributed by atoms with E-state index in [4.69, 9.17) is 0 Å². The molecule has 152 valence electrons. The number of benzene rings is 1. The summed E-state index contributed by atoms with van der Waals surface area (Å²) in [5.41, 5.74) is 1.33. The summed E-state index contributed by atoms with van der Waals surface area (Å²) < 4.78 is 0. The summed E-state index contributed by atoms with van der Waals surface area (Å²) in [6.45, 7) is 11.8. The number of nitrogens with one attached hydrogen (secondary N) is 3. The molecule has 0 aliphatic heterocycles. The number of hydrogen-bond donors (Lipinski definition) is 3. The lowest BCUT2D eigenvalue weighted by molar-refractivity contribution is -0.123. The summed E-state index contributed by atoms with van der Waals surface area (Å²) in [6.07, 6.45) is 0.990. The summed E-state index contributed by atoms with van der Waals surface area (Å²) in [7, 11) is 2.16. The van der Waals surface area contributed by atoms with Crippen molar-refractivity contribution < 1.29 is 4.79 Å². The number of amides is 1. The molecule has 0 bridgehead atoms. The Kier molecular flexibility index (Phi) is 11.2. The lowest BCUT2D eigenvalue weighted by Crippen LogP contribution is -2.42. The fourth-order valence-corrected chi connectivity index (χ4v) is 2.52. The van der Waals surface area contributed by atoms with E-state index in [0.29, 0.717) is 19.1 Å². The Labute approximate surface area is 164 Å². The Bertz CT molecular complexity index is 559. The van der Waals surface area contributed by atoms with Gasteiger partial charge < -0.3 is 16.0 Å². The Morgan fingerprint density at radius 2 is 1.74 bits per heavy atom. The topological polar surface area (TPSA) is 68.8 Å². The molecule has 0 saturated heterocycles. The second-order valence-electron chi connectivity index (χ2n) is 7.17. The largest absolute Gasteiger partial charge is 0.357 e. The highest BCUT2D eigenvalue weighted by Crippen LogP contribution is 2.08. The first kappa shape index (κ1) is 23.0. The number of carbonyl (C=O) groups is 1. The van der Waals surface area contributed by atoms with Crippen LogP contribution in [-0.4, -0.2) is 56.0 Å². The van der Waals surface area contributed by atoms with E-state index in [1.165, 1.54) is 5.56 Å². The van der Waals surface area contributed by atoms with E-state index in [0.717, 1.165) is 32.0 Å². The van der Waals surface area contributed by atoms with Crippen LogP contribution in [-0.2, 0) is 11.3 Å². The van der Waals surface area contributed by atoms with Crippen LogP contribution in [0.1, 0.15) is 39.7 Å². The highest BCUT2D eigenvalue weighted by molar-refractivity contribution is 5.80. The number of rotatable bonds is 11. The van der Waals surface area contributed by atoms with Gasteiger partial charge in [-0.25, -0.2) is 0 Å². The second kappa shape index (κ2) is 13.1. The Morgan fingerprint density at radius 1 is 1.07 bits per heavy atom. The molecular weight excluding hydrogens is 338 g/mol. The van der Waals surface area contributed by atoms with Gasteiger partial charge >= 0.3 is 0 Å². The molecule has 0 aliphatic carbocycles. The van der Waals surface area contributed by atoms with Crippen molar-refractivity contribution in [2.75, 3.05) is 33.2 Å². The minimum Gasteiger partial charge on any atom is -0.357 e. The first-order valence-corrected chi connectivity index (χ1v) is 9.98. The third-order valence-electron chi connectivity index (χ3n) is 4.43. The lowest BCUT2D eigenvalue weighted by Gasteiger charge is -2.24. The zero-order valence-corrected chi connectivity index (χ0v) is 17.6. The predicted octanol–water partition coefficient (Wildman–Crippen LogP) is 2.22. The van der Waals surface area contributed by atoms with E-state index in [2.05, 4.69) is 64.1 Å². The van der Waals surface area contributed by atoms with Crippen LogP contribution in [0, 0.1) is 5.92 Å². The van der Waals surface area contributed by atoms with Gasteiger partial charge in [0.05, 0.1) is 0 Å². The first-order valence-electron chi connectivity index (χ1n) is 9.98. The number of hydrogen-bond acceptors (Lipinski definition) is 3. The Morgan fingerprint density at radius 3 is 2.37 bits per heavy atom. The molecule has 1 aromatic carbocycles. The lowest BCUT2D eigenvalue weighted by atomic mass is 10.1. The zero-order valence-electron chi connectivity index (χ0n) is 17.6. The van der Waals surface area contributed by atoms with E-state index in [-0.39, 0.29) is 11.8 Å². The molecular formula is C21H37N5O. The molecule has 1 atom stereocenters. The van der Waals surface area contributed by atoms with Gasteiger partial charge in [-0.1, -0.05) is 44.2 Å². The van der Waals surface area contributed by atoms with Crippen molar-refractivity contribution >= 4 is 11.9 Å². The van der Waals surface area contributed by atoms with Gasteiger partial charge in [0.15, 0.2) is 5.96 Å². The first-order chi connectivity index (χ1) is 12.9. The third-order valence-corrected chi connectivity index (χ3v) is 4.43. The number of aliphatic imine (C=N–C) groups is 1. The summed E-state index contributed by atoms with van der Waals surface area (Å²) in [5, 5.41) is 9.42. The quantitative estimate of drug-likeness (QED) is 0.315. The molecule has 6 heteroatoms. The molecule has 0 radical (unpaired) electrons. The van der Waals surface area contributed by atoms with Crippen molar-refractivity contribution in [2.24, 2.45) is 10.9 Å². The average molecular weight is 376 g/mol. The molecule has 6 nitrogen and oxygen atoms in total. The summed E-state index contributed by atoms with van der Waals surface area (Å²) in [5.74, 6) is 0.893. The number of carbonyl (C=O) groups excluding carboxylic acids is 1. The molecule has 27 heavy (non-hydrogen) atoms. The van der Waals surface area contributed by atoms with Crippen molar-refractivity contribution in [1.82, 2.24) is 20.9 Å². The molecule has 0 spiro atoms. The van der Waals surface area contributed by atoms with Crippen LogP contribution < -0.4 is 16.0 Å². The van der Waals surface area contributed by atoms with Gasteiger partial charge in [0.2, 0.25) is 5.91 Å². The van der Waals surface area contributed by atoms with E-state index in [1.807, 2.05) is 26.8 Å². The van der Waals surface area contributed by atoms with E-state index < -0.39 is 0 Å². The van der Waals surface area contributed by atoms with Gasteiger partial charge in [0.1, 0.15) is 0 Å². The molecule has 0 heterocycles. The van der Waals surface area contributed by atoms with E-state index >= 15 is 0 Å². The molecule has 0 fully saturated rings. The van der Waals surface area contributed by atoms with Crippen molar-refractivity contribution in [3.8, 4) is 0 Å². The van der Waals surface area contributed by atoms with Gasteiger partial charge in [0, 0.05) is 44.7 Å². The average Bonchev–Trinajstić information content (AvgIpc) is 2.65. The zero-order chi connectivity index (χ0) is 20.1. The molecule has 1 unspecified atom stereocenters. The maximum Gasteiger partial charge on any atom is 0.222 e. The fourth-order valence-electron chi connectivity index (χ4n) is 2.52. The second-order valence-corrected chi connectivity index (χ2v) is 7.17. The molecule has 1 rings (SSSR count). The minimum atomic E-state index is 0.0151. The summed E-state index contributed by atoms with van der Waals surface area (Å²) in [4.78, 5) is 18.6. The molecule has 0 aromatic heterocycles. The molecule has 0 aliphatic rings. The maximum absolute atomic E-state index is 11.6. The normalized spacial score (nSPS) is 12.9. The third kappa shape index (κ3) is 9.99. The van der Waals surface area contributed by atoms with Gasteiger partial charge in [0.25, 0.3) is 0 Å². The summed E-state index contributed by atoms with van der Waals surface area (Å²) in [6, 6.07) is 11.0. The number of guanidine groups is 1. The molecule has 1 aromatic rings. The highest BCUT2D eigenvalue weighted by atomic mass is 16.1. The van der Waals surface area contributed by atoms with Crippen molar-refractivity contribution in [3.05, 3.63) is 35.9 Å². The van der Waals surface area contributed by atoms with E-state index in [1.54, 1.807) is 0 Å². The SMILES string of the molecule is CCNC(=NCCC(C)N(C)Cc1ccccc1)NCCNC(=O)C(C)C. The van der Waals surface area contributed by atoms with E-state index in [9.17, 15) is 4.79 Å². The van der Waals surface area contributed by atoms with Crippen molar-refractivity contribution in [1.29, 1.82) is 0 Å². The van der Waals surface area contributed by atoms with Crippen LogP contribution in [0.3, 0.4) is 0 Å². The van der Waals surface area contributed by atoms with Gasteiger partial charge in [-0.15, -0.1) is 0 Å². The summed E-state index contributed by atoms with van der Waals surface area (Å²) >= 11 is 0. The molecule has 0 saturated carbocycles. The molecule has 1 amide bonds. The standard InChI is InChI=1S/C21H37N5O/c1-6-22-21(25-15-14-23-20(27)17(2)3)24-13-12-18(4)26(5)16-19-10-8-7-9-11-19/h7-11,17-18H,6,12-16H2,1-5H3,(H,23,27)(H2,22,24,25). The van der Waals surface area contributed by atoms with Crippen molar-refractivity contribution in [2.45, 2.75) is 46.7 Å². The predicted molar refractivity (Wildman–Crippen MR) is 114 cm³/mol. The minimum absolute atomic E-state index is 0.0151. The van der Waals surface area contributed by atoms with Crippen LogP contribution >= 0.6 is 0 Å². The van der Waals surface area contributed by atoms with Crippen LogP contribution in [0.25, 0.3) is 0 Å². The maximum atomic E-state index is 11.6. The fraction of sp³-hybridized carbons (Fsp3) is 0.619. The van der Waals surface area contributed by atoms with Crippen LogP contribution in [0.4, 0.5) is 0 Å². The van der Waals surface area contributed by atoms with Crippen LogP contribution in [0.2, 0.25) is 0 Å². The number of nitrogens with zero attached hydrogens (tertiary/aromatic N) is 2. The highest BCUT2D eigenvalue weighted by Gasteiger charge is 2.09.